The molecule has 68 heavy (non-hydrogen) atoms. The average Bonchev–Trinajstić information content (AvgIpc) is 3.35. The summed E-state index contributed by atoms with van der Waals surface area (Å²) in [6.07, 6.45) is 36.0. The first-order valence-electron chi connectivity index (χ1n) is 29.4. The van der Waals surface area contributed by atoms with Gasteiger partial charge >= 0.3 is 0 Å². The van der Waals surface area contributed by atoms with E-state index in [2.05, 4.69) is 86.6 Å². The first kappa shape index (κ1) is 59.6. The number of rotatable bonds is 38. The molecule has 1 saturated carbocycles. The van der Waals surface area contributed by atoms with Gasteiger partial charge in [0.15, 0.2) is 0 Å². The molecule has 1 fully saturated rings. The number of quaternary nitrogens is 2. The van der Waals surface area contributed by atoms with Crippen LogP contribution >= 0.6 is 0 Å². The Hall–Kier alpha value is -2.70. The molecule has 0 bridgehead atoms. The number of unbranched alkanes of at least 4 members (excludes halogenated alkanes) is 8. The second-order valence-electron chi connectivity index (χ2n) is 22.1. The van der Waals surface area contributed by atoms with Crippen molar-refractivity contribution in [2.75, 3.05) is 52.4 Å². The molecule has 388 valence electrons. The third-order valence-corrected chi connectivity index (χ3v) is 16.2. The number of hydrogen-bond donors (Lipinski definition) is 2. The van der Waals surface area contributed by atoms with E-state index >= 15 is 0 Å². The van der Waals surface area contributed by atoms with E-state index in [0.29, 0.717) is 23.3 Å². The maximum absolute atomic E-state index is 11.7. The first-order chi connectivity index (χ1) is 33.0. The van der Waals surface area contributed by atoms with Gasteiger partial charge in [0.1, 0.15) is 11.5 Å². The Morgan fingerprint density at radius 2 is 0.721 bits per heavy atom. The van der Waals surface area contributed by atoms with Crippen molar-refractivity contribution in [3.63, 3.8) is 0 Å². The van der Waals surface area contributed by atoms with E-state index in [4.69, 9.17) is 9.98 Å². The highest BCUT2D eigenvalue weighted by molar-refractivity contribution is 5.86. The molecule has 0 aromatic heterocycles. The summed E-state index contributed by atoms with van der Waals surface area (Å²) in [6.45, 7) is 33.4. The second kappa shape index (κ2) is 33.8. The van der Waals surface area contributed by atoms with E-state index in [0.717, 1.165) is 47.9 Å². The fourth-order valence-corrected chi connectivity index (χ4v) is 11.6. The molecule has 0 heterocycles. The maximum atomic E-state index is 11.7. The Bertz CT molecular complexity index is 1610. The summed E-state index contributed by atoms with van der Waals surface area (Å²) in [5, 5.41) is 23.0. The van der Waals surface area contributed by atoms with E-state index in [1.165, 1.54) is 214 Å². The molecule has 2 N–H and O–H groups in total. The van der Waals surface area contributed by atoms with Crippen LogP contribution in [0.5, 0.6) is 11.5 Å². The van der Waals surface area contributed by atoms with Gasteiger partial charge in [0.2, 0.25) is 0 Å². The van der Waals surface area contributed by atoms with E-state index in [1.54, 1.807) is 0 Å². The lowest BCUT2D eigenvalue weighted by Crippen LogP contribution is -2.51. The molecule has 1 aliphatic rings. The van der Waals surface area contributed by atoms with Crippen LogP contribution in [0, 0.1) is 13.8 Å². The number of benzene rings is 2. The van der Waals surface area contributed by atoms with Crippen LogP contribution in [-0.4, -0.2) is 96.1 Å². The highest BCUT2D eigenvalue weighted by atomic mass is 16.3. The molecular weight excluding hydrogens is 833 g/mol. The van der Waals surface area contributed by atoms with Gasteiger partial charge in [0.05, 0.1) is 64.4 Å². The SMILES string of the molecule is CCCCC(CCCC)c1cc(C)c(O)c(C=N[C@H]2CCCC[C@@H]2N=Cc2cc(C(CCC[N+](CCCC)(CCCC)CCCC)CCC[N+](CCCC)(CCCC)CCCC)cc(C)c2O)c1. The van der Waals surface area contributed by atoms with Gasteiger partial charge in [-0.05, 0) is 150 Å². The lowest BCUT2D eigenvalue weighted by molar-refractivity contribution is -0.929. The van der Waals surface area contributed by atoms with Gasteiger partial charge in [-0.3, -0.25) is 9.98 Å². The predicted molar refractivity (Wildman–Crippen MR) is 299 cm³/mol. The van der Waals surface area contributed by atoms with Crippen LogP contribution in [0.2, 0.25) is 0 Å². The minimum Gasteiger partial charge on any atom is -0.507 e. The predicted octanol–water partition coefficient (Wildman–Crippen LogP) is 17.1. The average molecular weight is 944 g/mol. The van der Waals surface area contributed by atoms with Crippen molar-refractivity contribution in [1.29, 1.82) is 0 Å². The third-order valence-electron chi connectivity index (χ3n) is 16.2. The van der Waals surface area contributed by atoms with Crippen molar-refractivity contribution >= 4 is 12.4 Å². The molecule has 3 rings (SSSR count). The minimum absolute atomic E-state index is 0.0490. The molecule has 6 heteroatoms. The summed E-state index contributed by atoms with van der Waals surface area (Å²) in [5.41, 5.74) is 6.35. The highest BCUT2D eigenvalue weighted by Gasteiger charge is 2.29. The Morgan fingerprint density at radius 3 is 1.01 bits per heavy atom. The summed E-state index contributed by atoms with van der Waals surface area (Å²) < 4.78 is 2.60. The quantitative estimate of drug-likeness (QED) is 0.0520. The fraction of sp³-hybridized carbons (Fsp3) is 0.774. The Morgan fingerprint density at radius 1 is 0.441 bits per heavy atom. The van der Waals surface area contributed by atoms with Crippen molar-refractivity contribution in [3.8, 4) is 11.5 Å². The fourth-order valence-electron chi connectivity index (χ4n) is 11.6. The lowest BCUT2D eigenvalue weighted by atomic mass is 9.87. The Kier molecular flexibility index (Phi) is 29.6. The van der Waals surface area contributed by atoms with E-state index in [9.17, 15) is 10.2 Å². The molecule has 0 radical (unpaired) electrons. The molecule has 6 nitrogen and oxygen atoms in total. The van der Waals surface area contributed by atoms with Crippen molar-refractivity contribution in [3.05, 3.63) is 57.6 Å². The van der Waals surface area contributed by atoms with E-state index in [1.807, 2.05) is 19.4 Å². The molecule has 0 amide bonds. The minimum atomic E-state index is 0.0490. The normalized spacial score (nSPS) is 16.1. The van der Waals surface area contributed by atoms with Crippen LogP contribution in [-0.2, 0) is 0 Å². The number of phenols is 2. The number of phenolic OH excluding ortho intramolecular Hbond substituents is 2. The van der Waals surface area contributed by atoms with Crippen LogP contribution in [0.1, 0.15) is 268 Å². The maximum Gasteiger partial charge on any atom is 0.127 e. The molecule has 0 aliphatic heterocycles. The van der Waals surface area contributed by atoms with Gasteiger partial charge in [-0.25, -0.2) is 0 Å². The van der Waals surface area contributed by atoms with Crippen LogP contribution in [0.4, 0.5) is 0 Å². The Labute approximate surface area is 421 Å². The highest BCUT2D eigenvalue weighted by Crippen LogP contribution is 2.36. The standard InChI is InChI=1S/C62H108N4O2/c1-11-19-31-53(32-20-12-2)55-45-51(9)61(67)57(47-55)49-63-59-35-27-28-36-60(59)64-50-58-48-56(46-52(10)62(58)68)54(33-29-43-65(37-21-13-3,38-22-14-4)39-23-15-5)34-30-44-66(40-24-16-6,41-25-17-7)42-26-18-8/h45-50,53-54,59-60H,11-44H2,1-10H3/p+2/t59-,60-/m0/s1. The van der Waals surface area contributed by atoms with Crippen LogP contribution in [0.3, 0.4) is 0 Å². The van der Waals surface area contributed by atoms with Crippen LogP contribution < -0.4 is 0 Å². The molecule has 2 aromatic carbocycles. The first-order valence-corrected chi connectivity index (χ1v) is 29.4. The van der Waals surface area contributed by atoms with Gasteiger partial charge in [0.25, 0.3) is 0 Å². The zero-order chi connectivity index (χ0) is 49.6. The summed E-state index contributed by atoms with van der Waals surface area (Å²) in [4.78, 5) is 10.5. The number of aliphatic imine (C=N–C) groups is 2. The lowest BCUT2D eigenvalue weighted by Gasteiger charge is -2.40. The molecule has 0 saturated heterocycles. The smallest absolute Gasteiger partial charge is 0.127 e. The molecule has 2 atom stereocenters. The molecule has 1 aliphatic carbocycles. The van der Waals surface area contributed by atoms with Crippen molar-refractivity contribution in [1.82, 2.24) is 0 Å². The van der Waals surface area contributed by atoms with Gasteiger partial charge in [-0.2, -0.15) is 0 Å². The zero-order valence-electron chi connectivity index (χ0n) is 46.5. The number of aryl methyl sites for hydroxylation is 2. The van der Waals surface area contributed by atoms with E-state index < -0.39 is 0 Å². The summed E-state index contributed by atoms with van der Waals surface area (Å²) in [6, 6.07) is 9.17. The monoisotopic (exact) mass is 943 g/mol. The summed E-state index contributed by atoms with van der Waals surface area (Å²) in [5.74, 6) is 1.70. The molecule has 0 unspecified atom stereocenters. The number of nitrogens with zero attached hydrogens (tertiary/aromatic N) is 4. The van der Waals surface area contributed by atoms with Crippen molar-refractivity contribution in [2.24, 2.45) is 9.98 Å². The largest absolute Gasteiger partial charge is 0.507 e. The summed E-state index contributed by atoms with van der Waals surface area (Å²) in [7, 11) is 0. The van der Waals surface area contributed by atoms with Gasteiger partial charge in [-0.15, -0.1) is 0 Å². The van der Waals surface area contributed by atoms with Gasteiger partial charge in [-0.1, -0.05) is 145 Å². The number of aromatic hydroxyl groups is 2. The second-order valence-corrected chi connectivity index (χ2v) is 22.1. The third kappa shape index (κ3) is 20.2. The molecule has 0 spiro atoms. The topological polar surface area (TPSA) is 65.2 Å². The van der Waals surface area contributed by atoms with Crippen molar-refractivity contribution in [2.45, 2.75) is 260 Å². The van der Waals surface area contributed by atoms with Crippen LogP contribution in [0.25, 0.3) is 0 Å². The Balaban J connectivity index is 1.99. The zero-order valence-corrected chi connectivity index (χ0v) is 46.5. The number of hydrogen-bond acceptors (Lipinski definition) is 4. The van der Waals surface area contributed by atoms with Gasteiger partial charge < -0.3 is 19.2 Å². The van der Waals surface area contributed by atoms with Crippen LogP contribution in [0.15, 0.2) is 34.3 Å². The summed E-state index contributed by atoms with van der Waals surface area (Å²) >= 11 is 0. The molecule has 2 aromatic rings. The van der Waals surface area contributed by atoms with E-state index in [-0.39, 0.29) is 12.1 Å². The molecular formula is C62H110N4O2+2. The van der Waals surface area contributed by atoms with Gasteiger partial charge in [0, 0.05) is 23.6 Å². The van der Waals surface area contributed by atoms with Crippen molar-refractivity contribution < 1.29 is 19.2 Å².